The first-order valence-corrected chi connectivity index (χ1v) is 24.9. The monoisotopic (exact) mass is 894 g/mol. The first-order valence-electron chi connectivity index (χ1n) is 24.1. The number of anilines is 6. The number of nitriles is 1. The largest absolute Gasteiger partial charge is 0.456 e. The van der Waals surface area contributed by atoms with Gasteiger partial charge in [0.2, 0.25) is 0 Å². The van der Waals surface area contributed by atoms with Crippen LogP contribution in [0.2, 0.25) is 0 Å². The highest BCUT2D eigenvalue weighted by Gasteiger charge is 2.63. The Bertz CT molecular complexity index is 3800. The molecule has 15 rings (SSSR count). The SMILES string of the molecule is [C-]#[N+]c1ccc(N(c2ccccc2C)c2cc3c(c4sc5ccccc5c24)-c2ccc4c(oc5cc(N(c6ccc(C#N)cc6)c6ccccc6C)ccc54)c2C32C3CC4CC(C3)CC2C4)cc1. The fourth-order valence-corrected chi connectivity index (χ4v) is 15.3. The smallest absolute Gasteiger partial charge is 0.187 e. The van der Waals surface area contributed by atoms with E-state index in [2.05, 4.69) is 156 Å². The van der Waals surface area contributed by atoms with Gasteiger partial charge in [0, 0.05) is 82.0 Å². The van der Waals surface area contributed by atoms with Gasteiger partial charge in [-0.1, -0.05) is 72.8 Å². The molecule has 326 valence electrons. The Labute approximate surface area is 399 Å². The van der Waals surface area contributed by atoms with Gasteiger partial charge in [-0.3, -0.25) is 0 Å². The van der Waals surface area contributed by atoms with Crippen LogP contribution >= 0.6 is 11.3 Å². The molecule has 0 unspecified atom stereocenters. The van der Waals surface area contributed by atoms with Crippen molar-refractivity contribution in [2.75, 3.05) is 9.80 Å². The Kier molecular flexibility index (Phi) is 8.53. The van der Waals surface area contributed by atoms with Gasteiger partial charge in [0.15, 0.2) is 5.69 Å². The zero-order chi connectivity index (χ0) is 45.4. The van der Waals surface area contributed by atoms with Gasteiger partial charge >= 0.3 is 0 Å². The zero-order valence-electron chi connectivity index (χ0n) is 38.0. The van der Waals surface area contributed by atoms with Crippen LogP contribution in [0.4, 0.5) is 39.8 Å². The number of hydrogen-bond donors (Lipinski definition) is 0. The van der Waals surface area contributed by atoms with E-state index in [-0.39, 0.29) is 5.41 Å². The fourth-order valence-electron chi connectivity index (χ4n) is 14.0. The Balaban J connectivity index is 1.06. The maximum Gasteiger partial charge on any atom is 0.187 e. The van der Waals surface area contributed by atoms with Crippen molar-refractivity contribution in [1.29, 1.82) is 5.26 Å². The Morgan fingerprint density at radius 1 is 0.632 bits per heavy atom. The summed E-state index contributed by atoms with van der Waals surface area (Å²) in [6.45, 7) is 12.2. The van der Waals surface area contributed by atoms with E-state index in [1.54, 1.807) is 0 Å². The van der Waals surface area contributed by atoms with Crippen LogP contribution < -0.4 is 9.80 Å². The minimum absolute atomic E-state index is 0.214. The van der Waals surface area contributed by atoms with E-state index in [1.165, 1.54) is 91.2 Å². The molecule has 1 spiro atoms. The number of para-hydroxylation sites is 2. The standard InChI is InChI=1S/C62H46N4OS/c1-36-10-4-7-13-52(36)65(44-20-16-38(35-63)17-21-44)46-24-25-47-48-26-27-50-57-51(62(59(50)60(48)67-55(47)33-46)41-29-39-28-40(31-41)32-42(62)30-39)34-54(58-49-12-6-9-15-56(49)68-61(57)58)66(53-14-8-5-11-37(53)2)45-22-18-43(64-3)19-23-45/h4-27,33-34,39-42H,28-32H2,1-2H3. The molecule has 5 nitrogen and oxygen atoms in total. The molecule has 0 radical (unpaired) electrons. The topological polar surface area (TPSA) is 47.8 Å². The second kappa shape index (κ2) is 14.7. The van der Waals surface area contributed by atoms with Crippen LogP contribution in [0.15, 0.2) is 162 Å². The van der Waals surface area contributed by atoms with E-state index in [9.17, 15) is 5.26 Å². The van der Waals surface area contributed by atoms with Crippen molar-refractivity contribution in [3.63, 3.8) is 0 Å². The third-order valence-electron chi connectivity index (χ3n) is 16.5. The minimum atomic E-state index is -0.214. The average molecular weight is 895 g/mol. The molecule has 0 atom stereocenters. The molecule has 68 heavy (non-hydrogen) atoms. The molecule has 4 bridgehead atoms. The average Bonchev–Trinajstić information content (AvgIpc) is 4.03. The Morgan fingerprint density at radius 3 is 1.94 bits per heavy atom. The molecule has 2 heterocycles. The first kappa shape index (κ1) is 39.5. The van der Waals surface area contributed by atoms with Crippen LogP contribution in [0, 0.1) is 55.4 Å². The summed E-state index contributed by atoms with van der Waals surface area (Å²) in [6.07, 6.45) is 6.38. The van der Waals surface area contributed by atoms with Crippen LogP contribution in [0.5, 0.6) is 0 Å². The second-order valence-electron chi connectivity index (χ2n) is 20.0. The molecule has 4 saturated carbocycles. The van der Waals surface area contributed by atoms with Gasteiger partial charge in [-0.25, -0.2) is 4.85 Å². The van der Waals surface area contributed by atoms with E-state index < -0.39 is 0 Å². The Hall–Kier alpha value is -7.64. The number of benzene rings is 8. The van der Waals surface area contributed by atoms with Crippen molar-refractivity contribution < 1.29 is 4.42 Å². The predicted octanol–water partition coefficient (Wildman–Crippen LogP) is 17.7. The van der Waals surface area contributed by atoms with Crippen molar-refractivity contribution >= 4 is 93.3 Å². The summed E-state index contributed by atoms with van der Waals surface area (Å²) in [5.74, 6) is 2.57. The molecule has 0 N–H and O–H groups in total. The summed E-state index contributed by atoms with van der Waals surface area (Å²) < 4.78 is 10.1. The lowest BCUT2D eigenvalue weighted by Crippen LogP contribution is -2.55. The maximum atomic E-state index is 9.67. The van der Waals surface area contributed by atoms with Gasteiger partial charge in [-0.15, -0.1) is 11.3 Å². The summed E-state index contributed by atoms with van der Waals surface area (Å²) in [4.78, 5) is 8.57. The molecule has 2 aromatic heterocycles. The zero-order valence-corrected chi connectivity index (χ0v) is 38.8. The number of thiophene rings is 1. The van der Waals surface area contributed by atoms with Crippen LogP contribution in [0.3, 0.4) is 0 Å². The lowest BCUT2D eigenvalue weighted by molar-refractivity contribution is -0.0396. The lowest BCUT2D eigenvalue weighted by Gasteiger charge is -2.61. The molecule has 5 aliphatic rings. The summed E-state index contributed by atoms with van der Waals surface area (Å²) in [6, 6.07) is 58.8. The van der Waals surface area contributed by atoms with Crippen LogP contribution in [-0.4, -0.2) is 0 Å². The molecular weight excluding hydrogens is 849 g/mol. The fraction of sp³-hybridized carbons (Fsp3) is 0.194. The molecule has 0 saturated heterocycles. The highest BCUT2D eigenvalue weighted by Crippen LogP contribution is 2.72. The lowest BCUT2D eigenvalue weighted by atomic mass is 9.43. The summed E-state index contributed by atoms with van der Waals surface area (Å²) in [5, 5.41) is 14.5. The van der Waals surface area contributed by atoms with Crippen LogP contribution in [0.1, 0.15) is 59.9 Å². The molecule has 4 fully saturated rings. The molecule has 8 aromatic carbocycles. The second-order valence-corrected chi connectivity index (χ2v) is 21.0. The first-order chi connectivity index (χ1) is 33.4. The van der Waals surface area contributed by atoms with Gasteiger partial charge < -0.3 is 14.2 Å². The van der Waals surface area contributed by atoms with E-state index in [1.807, 2.05) is 47.7 Å². The van der Waals surface area contributed by atoms with E-state index >= 15 is 0 Å². The summed E-state index contributed by atoms with van der Waals surface area (Å²) in [7, 11) is 0. The van der Waals surface area contributed by atoms with Crippen molar-refractivity contribution in [1.82, 2.24) is 0 Å². The molecule has 10 aromatic rings. The molecule has 6 heteroatoms. The minimum Gasteiger partial charge on any atom is -0.456 e. The number of hydrogen-bond acceptors (Lipinski definition) is 5. The number of furan rings is 1. The van der Waals surface area contributed by atoms with E-state index in [0.717, 1.165) is 62.4 Å². The molecular formula is C62H46N4OS. The number of nitrogens with zero attached hydrogens (tertiary/aromatic N) is 4. The molecule has 5 aliphatic carbocycles. The number of rotatable bonds is 6. The van der Waals surface area contributed by atoms with Crippen molar-refractivity contribution in [2.45, 2.75) is 51.4 Å². The van der Waals surface area contributed by atoms with Gasteiger partial charge in [-0.05, 0) is 171 Å². The van der Waals surface area contributed by atoms with E-state index in [4.69, 9.17) is 11.0 Å². The summed E-state index contributed by atoms with van der Waals surface area (Å²) in [5.41, 5.74) is 17.5. The highest BCUT2D eigenvalue weighted by molar-refractivity contribution is 7.26. The third-order valence-corrected chi connectivity index (χ3v) is 17.7. The maximum absolute atomic E-state index is 9.67. The highest BCUT2D eigenvalue weighted by atomic mass is 32.1. The van der Waals surface area contributed by atoms with Crippen LogP contribution in [-0.2, 0) is 5.41 Å². The third kappa shape index (κ3) is 5.47. The molecule has 0 amide bonds. The van der Waals surface area contributed by atoms with Gasteiger partial charge in [-0.2, -0.15) is 5.26 Å². The van der Waals surface area contributed by atoms with Gasteiger partial charge in [0.05, 0.1) is 23.9 Å². The van der Waals surface area contributed by atoms with Crippen molar-refractivity contribution in [3.8, 4) is 17.2 Å². The van der Waals surface area contributed by atoms with Crippen LogP contribution in [0.25, 0.3) is 58.1 Å². The normalized spacial score (nSPS) is 20.8. The number of fused-ring (bicyclic) bond motifs is 11. The number of aryl methyl sites for hydroxylation is 2. The van der Waals surface area contributed by atoms with Crippen molar-refractivity contribution in [2.24, 2.45) is 23.7 Å². The van der Waals surface area contributed by atoms with E-state index in [0.29, 0.717) is 23.1 Å². The summed E-state index contributed by atoms with van der Waals surface area (Å²) >= 11 is 1.94. The van der Waals surface area contributed by atoms with Gasteiger partial charge in [0.25, 0.3) is 0 Å². The Morgan fingerprint density at radius 2 is 1.25 bits per heavy atom. The predicted molar refractivity (Wildman–Crippen MR) is 280 cm³/mol. The quantitative estimate of drug-likeness (QED) is 0.156. The van der Waals surface area contributed by atoms with Gasteiger partial charge in [0.1, 0.15) is 11.2 Å². The molecule has 0 aliphatic heterocycles. The van der Waals surface area contributed by atoms with Crippen molar-refractivity contribution in [3.05, 3.63) is 197 Å².